The highest BCUT2D eigenvalue weighted by Gasteiger charge is 2.23. The number of hydrogen-bond donors (Lipinski definition) is 0. The molecule has 1 aromatic rings. The molecule has 0 aliphatic carbocycles. The van der Waals surface area contributed by atoms with Gasteiger partial charge in [0.05, 0.1) is 10.7 Å². The van der Waals surface area contributed by atoms with E-state index in [2.05, 4.69) is 0 Å². The molecule has 1 aromatic carbocycles. The summed E-state index contributed by atoms with van der Waals surface area (Å²) in [7, 11) is 0. The first-order valence-electron chi connectivity index (χ1n) is 4.77. The van der Waals surface area contributed by atoms with Crippen LogP contribution in [0.1, 0.15) is 23.2 Å². The molecule has 1 saturated heterocycles. The molecule has 4 heteroatoms. The first kappa shape index (κ1) is 10.2. The van der Waals surface area contributed by atoms with Crippen LogP contribution in [0.2, 0.25) is 5.02 Å². The van der Waals surface area contributed by atoms with E-state index in [4.69, 9.17) is 11.6 Å². The number of hydrogen-bond acceptors (Lipinski definition) is 2. The number of halogens is 1. The maximum absolute atomic E-state index is 11.5. The molecule has 2 rings (SSSR count). The Kier molecular flexibility index (Phi) is 2.73. The molecule has 0 saturated carbocycles. The summed E-state index contributed by atoms with van der Waals surface area (Å²) in [6.45, 7) is 0.681. The molecule has 1 aliphatic rings. The summed E-state index contributed by atoms with van der Waals surface area (Å²) >= 11 is 5.99. The third-order valence-electron chi connectivity index (χ3n) is 2.47. The van der Waals surface area contributed by atoms with E-state index in [1.54, 1.807) is 23.1 Å². The second-order valence-electron chi connectivity index (χ2n) is 3.48. The van der Waals surface area contributed by atoms with Crippen molar-refractivity contribution in [3.8, 4) is 0 Å². The number of carbonyl (C=O) groups excluding carboxylic acids is 2. The van der Waals surface area contributed by atoms with E-state index in [1.807, 2.05) is 0 Å². The first-order valence-corrected chi connectivity index (χ1v) is 5.15. The van der Waals surface area contributed by atoms with Crippen LogP contribution in [0.25, 0.3) is 0 Å². The van der Waals surface area contributed by atoms with Crippen molar-refractivity contribution in [2.75, 3.05) is 11.4 Å². The summed E-state index contributed by atoms with van der Waals surface area (Å²) in [5.74, 6) is 0.0694. The summed E-state index contributed by atoms with van der Waals surface area (Å²) in [4.78, 5) is 23.8. The van der Waals surface area contributed by atoms with E-state index in [-0.39, 0.29) is 5.91 Å². The number of anilines is 1. The lowest BCUT2D eigenvalue weighted by Crippen LogP contribution is -2.24. The minimum atomic E-state index is 0.0694. The van der Waals surface area contributed by atoms with Gasteiger partial charge < -0.3 is 4.90 Å². The van der Waals surface area contributed by atoms with Crippen LogP contribution in [0.15, 0.2) is 18.2 Å². The van der Waals surface area contributed by atoms with Gasteiger partial charge in [0.15, 0.2) is 0 Å². The van der Waals surface area contributed by atoms with Gasteiger partial charge in [-0.2, -0.15) is 0 Å². The smallest absolute Gasteiger partial charge is 0.227 e. The van der Waals surface area contributed by atoms with Crippen LogP contribution in [0.5, 0.6) is 0 Å². The average molecular weight is 224 g/mol. The van der Waals surface area contributed by atoms with Gasteiger partial charge >= 0.3 is 0 Å². The number of amides is 1. The SMILES string of the molecule is O=Cc1ccc(Cl)c(N2CCCC2=O)c1. The molecule has 1 aliphatic heterocycles. The minimum absolute atomic E-state index is 0.0694. The molecule has 78 valence electrons. The van der Waals surface area contributed by atoms with Gasteiger partial charge in [0, 0.05) is 18.5 Å². The molecule has 0 spiro atoms. The Morgan fingerprint density at radius 1 is 1.40 bits per heavy atom. The van der Waals surface area contributed by atoms with E-state index < -0.39 is 0 Å². The molecule has 0 bridgehead atoms. The van der Waals surface area contributed by atoms with Crippen molar-refractivity contribution in [1.29, 1.82) is 0 Å². The predicted octanol–water partition coefficient (Wildman–Crippen LogP) is 2.28. The van der Waals surface area contributed by atoms with Crippen molar-refractivity contribution >= 4 is 29.5 Å². The Morgan fingerprint density at radius 2 is 2.20 bits per heavy atom. The van der Waals surface area contributed by atoms with Crippen LogP contribution in [0.4, 0.5) is 5.69 Å². The quantitative estimate of drug-likeness (QED) is 0.722. The number of carbonyl (C=O) groups is 2. The molecule has 0 radical (unpaired) electrons. The molecular weight excluding hydrogens is 214 g/mol. The van der Waals surface area contributed by atoms with Crippen molar-refractivity contribution in [3.05, 3.63) is 28.8 Å². The van der Waals surface area contributed by atoms with Crippen LogP contribution >= 0.6 is 11.6 Å². The largest absolute Gasteiger partial charge is 0.311 e. The number of nitrogens with zero attached hydrogens (tertiary/aromatic N) is 1. The molecule has 0 atom stereocenters. The maximum Gasteiger partial charge on any atom is 0.227 e. The molecule has 3 nitrogen and oxygen atoms in total. The molecule has 0 aromatic heterocycles. The fraction of sp³-hybridized carbons (Fsp3) is 0.273. The zero-order valence-corrected chi connectivity index (χ0v) is 8.83. The molecule has 15 heavy (non-hydrogen) atoms. The van der Waals surface area contributed by atoms with Crippen molar-refractivity contribution in [3.63, 3.8) is 0 Å². The van der Waals surface area contributed by atoms with Gasteiger partial charge in [-0.25, -0.2) is 0 Å². The highest BCUT2D eigenvalue weighted by atomic mass is 35.5. The third-order valence-corrected chi connectivity index (χ3v) is 2.79. The summed E-state index contributed by atoms with van der Waals surface area (Å²) in [5, 5.41) is 0.510. The Hall–Kier alpha value is -1.35. The lowest BCUT2D eigenvalue weighted by atomic mass is 10.2. The van der Waals surface area contributed by atoms with Crippen LogP contribution in [0, 0.1) is 0 Å². The van der Waals surface area contributed by atoms with Gasteiger partial charge in [-0.3, -0.25) is 9.59 Å². The van der Waals surface area contributed by atoms with E-state index in [0.29, 0.717) is 29.2 Å². The van der Waals surface area contributed by atoms with E-state index in [9.17, 15) is 9.59 Å². The molecule has 1 fully saturated rings. The Labute approximate surface area is 92.6 Å². The minimum Gasteiger partial charge on any atom is -0.311 e. The molecule has 0 unspecified atom stereocenters. The highest BCUT2D eigenvalue weighted by molar-refractivity contribution is 6.34. The summed E-state index contributed by atoms with van der Waals surface area (Å²) in [5.41, 5.74) is 1.18. The van der Waals surface area contributed by atoms with Gasteiger partial charge in [-0.1, -0.05) is 17.7 Å². The Balaban J connectivity index is 2.41. The van der Waals surface area contributed by atoms with Crippen LogP contribution in [-0.4, -0.2) is 18.7 Å². The molecular formula is C11H10ClNO2. The standard InChI is InChI=1S/C11H10ClNO2/c12-9-4-3-8(7-14)6-10(9)13-5-1-2-11(13)15/h3-4,6-7H,1-2,5H2. The fourth-order valence-electron chi connectivity index (χ4n) is 1.71. The third kappa shape index (κ3) is 1.88. The maximum atomic E-state index is 11.5. The van der Waals surface area contributed by atoms with Crippen molar-refractivity contribution in [2.24, 2.45) is 0 Å². The number of aldehydes is 1. The Bertz CT molecular complexity index is 417. The normalized spacial score (nSPS) is 15.8. The van der Waals surface area contributed by atoms with Gasteiger partial charge in [0.1, 0.15) is 6.29 Å². The van der Waals surface area contributed by atoms with Crippen LogP contribution in [-0.2, 0) is 4.79 Å². The van der Waals surface area contributed by atoms with Crippen LogP contribution < -0.4 is 4.90 Å². The average Bonchev–Trinajstić information content (AvgIpc) is 2.65. The number of rotatable bonds is 2. The first-order chi connectivity index (χ1) is 7.22. The van der Waals surface area contributed by atoms with Crippen molar-refractivity contribution in [2.45, 2.75) is 12.8 Å². The highest BCUT2D eigenvalue weighted by Crippen LogP contribution is 2.29. The molecule has 1 heterocycles. The van der Waals surface area contributed by atoms with Gasteiger partial charge in [0.2, 0.25) is 5.91 Å². The van der Waals surface area contributed by atoms with E-state index >= 15 is 0 Å². The van der Waals surface area contributed by atoms with Gasteiger partial charge in [0.25, 0.3) is 0 Å². The monoisotopic (exact) mass is 223 g/mol. The summed E-state index contributed by atoms with van der Waals surface area (Å²) in [6.07, 6.45) is 2.16. The van der Waals surface area contributed by atoms with Crippen molar-refractivity contribution < 1.29 is 9.59 Å². The zero-order chi connectivity index (χ0) is 10.8. The van der Waals surface area contributed by atoms with Gasteiger partial charge in [-0.15, -0.1) is 0 Å². The molecule has 1 amide bonds. The topological polar surface area (TPSA) is 37.4 Å². The second kappa shape index (κ2) is 4.03. The van der Waals surface area contributed by atoms with E-state index in [1.165, 1.54) is 0 Å². The lowest BCUT2D eigenvalue weighted by Gasteiger charge is -2.17. The van der Waals surface area contributed by atoms with Gasteiger partial charge in [-0.05, 0) is 18.6 Å². The number of benzene rings is 1. The fourth-order valence-corrected chi connectivity index (χ4v) is 1.93. The van der Waals surface area contributed by atoms with E-state index in [0.717, 1.165) is 12.7 Å². The Morgan fingerprint density at radius 3 is 2.80 bits per heavy atom. The lowest BCUT2D eigenvalue weighted by molar-refractivity contribution is -0.117. The van der Waals surface area contributed by atoms with Crippen molar-refractivity contribution in [1.82, 2.24) is 0 Å². The second-order valence-corrected chi connectivity index (χ2v) is 3.88. The predicted molar refractivity (Wildman–Crippen MR) is 58.4 cm³/mol. The summed E-state index contributed by atoms with van der Waals surface area (Å²) in [6, 6.07) is 4.93. The summed E-state index contributed by atoms with van der Waals surface area (Å²) < 4.78 is 0. The molecule has 0 N–H and O–H groups in total. The van der Waals surface area contributed by atoms with Crippen LogP contribution in [0.3, 0.4) is 0 Å². The zero-order valence-electron chi connectivity index (χ0n) is 8.07.